The quantitative estimate of drug-likeness (QED) is 0.818. The third-order valence-electron chi connectivity index (χ3n) is 3.20. The fraction of sp³-hybridized carbons (Fsp3) is 0.333. The zero-order chi connectivity index (χ0) is 16.5. The highest BCUT2D eigenvalue weighted by atomic mass is 35.5. The molecule has 0 spiro atoms. The number of hydrogen-bond acceptors (Lipinski definition) is 3. The lowest BCUT2D eigenvalue weighted by molar-refractivity contribution is 0.414. The van der Waals surface area contributed by atoms with Crippen LogP contribution in [-0.2, 0) is 12.8 Å². The Morgan fingerprint density at radius 1 is 1.23 bits per heavy atom. The Morgan fingerprint density at radius 2 is 1.91 bits per heavy atom. The molecule has 1 heterocycles. The molecule has 0 saturated heterocycles. The summed E-state index contributed by atoms with van der Waals surface area (Å²) in [7, 11) is 1.64. The van der Waals surface area contributed by atoms with E-state index in [4.69, 9.17) is 21.6 Å². The van der Waals surface area contributed by atoms with Crippen molar-refractivity contribution in [3.8, 4) is 11.8 Å². The van der Waals surface area contributed by atoms with Gasteiger partial charge in [0.15, 0.2) is 0 Å². The molecule has 1 aromatic heterocycles. The highest BCUT2D eigenvalue weighted by molar-refractivity contribution is 6.32. The second-order valence-electron chi connectivity index (χ2n) is 4.54. The van der Waals surface area contributed by atoms with Crippen molar-refractivity contribution >= 4 is 11.6 Å². The van der Waals surface area contributed by atoms with Crippen molar-refractivity contribution in [2.75, 3.05) is 7.11 Å². The van der Waals surface area contributed by atoms with Gasteiger partial charge in [-0.05, 0) is 54.7 Å². The van der Waals surface area contributed by atoms with E-state index in [-0.39, 0.29) is 0 Å². The summed E-state index contributed by atoms with van der Waals surface area (Å²) in [6.45, 7) is 5.96. The van der Waals surface area contributed by atoms with Crippen molar-refractivity contribution in [1.82, 2.24) is 4.98 Å². The van der Waals surface area contributed by atoms with Gasteiger partial charge in [-0.15, -0.1) is 0 Å². The monoisotopic (exact) mass is 316 g/mol. The standard InChI is InChI=1S/C16H15ClN2O.C2H6/c1-11-8-14(20-2)9-13(16(11)17)6-5-12-4-3-7-19-15(12)10-18;1-2/h3-4,7-9H,5-6H2,1-2H3;1-2H3. The molecule has 0 aliphatic heterocycles. The van der Waals surface area contributed by atoms with E-state index in [9.17, 15) is 0 Å². The van der Waals surface area contributed by atoms with Crippen LogP contribution < -0.4 is 4.74 Å². The molecule has 116 valence electrons. The van der Waals surface area contributed by atoms with Crippen molar-refractivity contribution in [2.24, 2.45) is 0 Å². The SMILES string of the molecule is CC.COc1cc(C)c(Cl)c(CCc2cccnc2C#N)c1. The highest BCUT2D eigenvalue weighted by Gasteiger charge is 2.09. The van der Waals surface area contributed by atoms with Crippen LogP contribution in [0.25, 0.3) is 0 Å². The molecule has 2 rings (SSSR count). The number of aromatic nitrogens is 1. The average molecular weight is 317 g/mol. The summed E-state index contributed by atoms with van der Waals surface area (Å²) in [5.74, 6) is 0.800. The van der Waals surface area contributed by atoms with Crippen molar-refractivity contribution in [2.45, 2.75) is 33.6 Å². The number of nitriles is 1. The molecule has 0 fully saturated rings. The van der Waals surface area contributed by atoms with Crippen LogP contribution in [0.2, 0.25) is 5.02 Å². The number of aryl methyl sites for hydroxylation is 3. The predicted molar refractivity (Wildman–Crippen MR) is 90.4 cm³/mol. The molecular weight excluding hydrogens is 296 g/mol. The van der Waals surface area contributed by atoms with Gasteiger partial charge in [0, 0.05) is 11.2 Å². The van der Waals surface area contributed by atoms with Gasteiger partial charge in [-0.2, -0.15) is 5.26 Å². The molecule has 1 aromatic carbocycles. The van der Waals surface area contributed by atoms with Gasteiger partial charge in [-0.1, -0.05) is 31.5 Å². The van der Waals surface area contributed by atoms with Crippen molar-refractivity contribution in [1.29, 1.82) is 5.26 Å². The Bertz CT molecular complexity index is 663. The van der Waals surface area contributed by atoms with Crippen LogP contribution >= 0.6 is 11.6 Å². The van der Waals surface area contributed by atoms with Gasteiger partial charge in [-0.25, -0.2) is 4.98 Å². The Morgan fingerprint density at radius 3 is 2.55 bits per heavy atom. The molecule has 0 N–H and O–H groups in total. The maximum Gasteiger partial charge on any atom is 0.143 e. The molecule has 0 radical (unpaired) electrons. The number of benzene rings is 1. The molecular formula is C18H21ClN2O. The molecule has 0 atom stereocenters. The molecule has 3 nitrogen and oxygen atoms in total. The smallest absolute Gasteiger partial charge is 0.143 e. The average Bonchev–Trinajstić information content (AvgIpc) is 2.58. The molecule has 22 heavy (non-hydrogen) atoms. The number of nitrogens with zero attached hydrogens (tertiary/aromatic N) is 2. The van der Waals surface area contributed by atoms with Gasteiger partial charge in [0.1, 0.15) is 17.5 Å². The third-order valence-corrected chi connectivity index (χ3v) is 3.74. The number of halogens is 1. The predicted octanol–water partition coefficient (Wildman–Crippen LogP) is 4.74. The molecule has 0 aliphatic rings. The molecule has 2 aromatic rings. The van der Waals surface area contributed by atoms with Gasteiger partial charge in [-0.3, -0.25) is 0 Å². The largest absolute Gasteiger partial charge is 0.497 e. The van der Waals surface area contributed by atoms with Gasteiger partial charge < -0.3 is 4.74 Å². The van der Waals surface area contributed by atoms with Gasteiger partial charge in [0.05, 0.1) is 7.11 Å². The molecule has 0 saturated carbocycles. The minimum atomic E-state index is 0.475. The van der Waals surface area contributed by atoms with Gasteiger partial charge in [0.2, 0.25) is 0 Å². The van der Waals surface area contributed by atoms with Crippen molar-refractivity contribution < 1.29 is 4.74 Å². The second-order valence-corrected chi connectivity index (χ2v) is 4.92. The van der Waals surface area contributed by atoms with E-state index in [2.05, 4.69) is 11.1 Å². The molecule has 0 bridgehead atoms. The van der Waals surface area contributed by atoms with Gasteiger partial charge in [0.25, 0.3) is 0 Å². The maximum atomic E-state index is 9.04. The molecule has 4 heteroatoms. The fourth-order valence-electron chi connectivity index (χ4n) is 2.12. The summed E-state index contributed by atoms with van der Waals surface area (Å²) in [5, 5.41) is 9.80. The summed E-state index contributed by atoms with van der Waals surface area (Å²) >= 11 is 6.33. The van der Waals surface area contributed by atoms with E-state index in [1.807, 2.05) is 45.0 Å². The Hall–Kier alpha value is -2.05. The van der Waals surface area contributed by atoms with E-state index < -0.39 is 0 Å². The Balaban J connectivity index is 0.00000116. The van der Waals surface area contributed by atoms with Gasteiger partial charge >= 0.3 is 0 Å². The van der Waals surface area contributed by atoms with Crippen LogP contribution in [0.3, 0.4) is 0 Å². The number of methoxy groups -OCH3 is 1. The second kappa shape index (κ2) is 9.07. The van der Waals surface area contributed by atoms with Crippen molar-refractivity contribution in [3.05, 3.63) is 57.9 Å². The van der Waals surface area contributed by atoms with Crippen LogP contribution in [0.1, 0.15) is 36.2 Å². The lowest BCUT2D eigenvalue weighted by Crippen LogP contribution is -1.98. The first-order chi connectivity index (χ1) is 10.7. The molecule has 0 unspecified atom stereocenters. The number of pyridine rings is 1. The maximum absolute atomic E-state index is 9.04. The first kappa shape index (κ1) is 18.0. The minimum absolute atomic E-state index is 0.475. The van der Waals surface area contributed by atoms with E-state index >= 15 is 0 Å². The first-order valence-electron chi connectivity index (χ1n) is 7.32. The zero-order valence-electron chi connectivity index (χ0n) is 13.5. The molecule has 0 aliphatic carbocycles. The summed E-state index contributed by atoms with van der Waals surface area (Å²) in [6, 6.07) is 9.73. The van der Waals surface area contributed by atoms with Crippen LogP contribution in [0.5, 0.6) is 5.75 Å². The first-order valence-corrected chi connectivity index (χ1v) is 7.70. The van der Waals surface area contributed by atoms with Crippen LogP contribution in [-0.4, -0.2) is 12.1 Å². The zero-order valence-corrected chi connectivity index (χ0v) is 14.2. The van der Waals surface area contributed by atoms with Crippen LogP contribution in [0, 0.1) is 18.3 Å². The highest BCUT2D eigenvalue weighted by Crippen LogP contribution is 2.27. The van der Waals surface area contributed by atoms with Crippen LogP contribution in [0.4, 0.5) is 0 Å². The van der Waals surface area contributed by atoms with E-state index in [0.29, 0.717) is 5.69 Å². The summed E-state index contributed by atoms with van der Waals surface area (Å²) in [5.41, 5.74) is 3.43. The number of ether oxygens (including phenoxy) is 1. The Labute approximate surface area is 137 Å². The minimum Gasteiger partial charge on any atom is -0.497 e. The lowest BCUT2D eigenvalue weighted by Gasteiger charge is -2.10. The van der Waals surface area contributed by atoms with Crippen molar-refractivity contribution in [3.63, 3.8) is 0 Å². The summed E-state index contributed by atoms with van der Waals surface area (Å²) in [4.78, 5) is 4.06. The summed E-state index contributed by atoms with van der Waals surface area (Å²) < 4.78 is 5.26. The van der Waals surface area contributed by atoms with E-state index in [0.717, 1.165) is 40.3 Å². The topological polar surface area (TPSA) is 45.9 Å². The van der Waals surface area contributed by atoms with E-state index in [1.54, 1.807) is 13.3 Å². The Kier molecular flexibility index (Phi) is 7.42. The summed E-state index contributed by atoms with van der Waals surface area (Å²) in [6.07, 6.45) is 3.10. The van der Waals surface area contributed by atoms with E-state index in [1.165, 1.54) is 0 Å². The number of hydrogen-bond donors (Lipinski definition) is 0. The normalized spacial score (nSPS) is 9.45. The molecule has 0 amide bonds. The third kappa shape index (κ3) is 4.47. The number of rotatable bonds is 4. The van der Waals surface area contributed by atoms with Crippen LogP contribution in [0.15, 0.2) is 30.5 Å². The fourth-order valence-corrected chi connectivity index (χ4v) is 2.32. The lowest BCUT2D eigenvalue weighted by atomic mass is 10.0.